The van der Waals surface area contributed by atoms with Crippen LogP contribution in [-0.4, -0.2) is 32.1 Å². The molecule has 3 amide bonds. The van der Waals surface area contributed by atoms with Crippen LogP contribution in [0.4, 0.5) is 9.18 Å². The lowest BCUT2D eigenvalue weighted by molar-refractivity contribution is -0.126. The van der Waals surface area contributed by atoms with E-state index in [0.29, 0.717) is 12.1 Å². The van der Waals surface area contributed by atoms with E-state index in [4.69, 9.17) is 4.74 Å². The minimum absolute atomic E-state index is 0.231. The van der Waals surface area contributed by atoms with Crippen LogP contribution in [0.1, 0.15) is 12.5 Å². The maximum atomic E-state index is 13.4. The summed E-state index contributed by atoms with van der Waals surface area (Å²) in [5.41, 5.74) is 0.696. The van der Waals surface area contributed by atoms with Gasteiger partial charge in [-0.25, -0.2) is 9.18 Å². The second-order valence-electron chi connectivity index (χ2n) is 4.15. The molecule has 0 aliphatic carbocycles. The van der Waals surface area contributed by atoms with Crippen LogP contribution >= 0.6 is 0 Å². The molecule has 7 heteroatoms. The van der Waals surface area contributed by atoms with Crippen molar-refractivity contribution in [2.75, 3.05) is 14.1 Å². The Bertz CT molecular complexity index is 494. The molecule has 6 nitrogen and oxygen atoms in total. The quantitative estimate of drug-likeness (QED) is 0.745. The average Bonchev–Trinajstić information content (AvgIpc) is 2.38. The highest BCUT2D eigenvalue weighted by Gasteiger charge is 2.17. The molecule has 1 aromatic carbocycles. The van der Waals surface area contributed by atoms with E-state index in [1.54, 1.807) is 13.1 Å². The molecule has 110 valence electrons. The maximum absolute atomic E-state index is 13.4. The third-order valence-electron chi connectivity index (χ3n) is 2.46. The van der Waals surface area contributed by atoms with Gasteiger partial charge in [0.1, 0.15) is 11.6 Å². The minimum atomic E-state index is -0.920. The van der Waals surface area contributed by atoms with E-state index in [2.05, 4.69) is 16.0 Å². The fourth-order valence-electron chi connectivity index (χ4n) is 1.53. The first kappa shape index (κ1) is 15.9. The van der Waals surface area contributed by atoms with Gasteiger partial charge in [0.25, 0.3) is 5.91 Å². The number of carbonyl (C=O) groups excluding carboxylic acids is 2. The fraction of sp³-hybridized carbons (Fsp3) is 0.385. The Hall–Kier alpha value is -2.15. The number of hydrogen-bond acceptors (Lipinski definition) is 4. The van der Waals surface area contributed by atoms with Crippen LogP contribution in [0.3, 0.4) is 0 Å². The summed E-state index contributed by atoms with van der Waals surface area (Å²) >= 11 is 0. The van der Waals surface area contributed by atoms with Crippen molar-refractivity contribution in [2.24, 2.45) is 0 Å². The summed E-state index contributed by atoms with van der Waals surface area (Å²) in [5.74, 6) is -0.828. The monoisotopic (exact) mass is 283 g/mol. The summed E-state index contributed by atoms with van der Waals surface area (Å²) < 4.78 is 18.7. The number of ether oxygens (including phenoxy) is 1. The van der Waals surface area contributed by atoms with Crippen LogP contribution in [-0.2, 0) is 11.3 Å². The number of nitrogens with one attached hydrogen (secondary N) is 3. The van der Waals surface area contributed by atoms with Gasteiger partial charge in [-0.05, 0) is 31.7 Å². The predicted molar refractivity (Wildman–Crippen MR) is 71.9 cm³/mol. The summed E-state index contributed by atoms with van der Waals surface area (Å²) in [7, 11) is 3.13. The molecule has 0 aliphatic heterocycles. The van der Waals surface area contributed by atoms with Crippen molar-refractivity contribution in [1.82, 2.24) is 16.0 Å². The van der Waals surface area contributed by atoms with E-state index in [1.165, 1.54) is 26.1 Å². The number of hydrogen-bond donors (Lipinski definition) is 3. The van der Waals surface area contributed by atoms with Crippen molar-refractivity contribution in [3.05, 3.63) is 29.6 Å². The lowest BCUT2D eigenvalue weighted by Crippen LogP contribution is -2.43. The van der Waals surface area contributed by atoms with Crippen molar-refractivity contribution in [1.29, 1.82) is 0 Å². The Kier molecular flexibility index (Phi) is 5.92. The lowest BCUT2D eigenvalue weighted by Gasteiger charge is -2.15. The highest BCUT2D eigenvalue weighted by atomic mass is 19.1. The molecule has 1 rings (SSSR count). The number of rotatable bonds is 5. The van der Waals surface area contributed by atoms with Crippen molar-refractivity contribution < 1.29 is 18.7 Å². The van der Waals surface area contributed by atoms with Gasteiger partial charge in [0.2, 0.25) is 0 Å². The summed E-state index contributed by atoms with van der Waals surface area (Å²) in [6, 6.07) is 3.56. The van der Waals surface area contributed by atoms with Crippen LogP contribution in [0.25, 0.3) is 0 Å². The molecule has 1 unspecified atom stereocenters. The van der Waals surface area contributed by atoms with Gasteiger partial charge in [-0.2, -0.15) is 0 Å². The van der Waals surface area contributed by atoms with Gasteiger partial charge in [0.15, 0.2) is 6.10 Å². The Morgan fingerprint density at radius 2 is 2.00 bits per heavy atom. The zero-order valence-corrected chi connectivity index (χ0v) is 11.6. The van der Waals surface area contributed by atoms with Crippen LogP contribution in [0, 0.1) is 5.82 Å². The molecule has 1 atom stereocenters. The Morgan fingerprint density at radius 3 is 2.60 bits per heavy atom. The molecule has 20 heavy (non-hydrogen) atoms. The number of carbonyl (C=O) groups is 2. The van der Waals surface area contributed by atoms with Crippen LogP contribution in [0.2, 0.25) is 0 Å². The van der Waals surface area contributed by atoms with E-state index < -0.39 is 23.9 Å². The SMILES string of the molecule is CNCc1cc(F)cc(OC(C)C(=O)NC(=O)NC)c1. The first-order valence-electron chi connectivity index (χ1n) is 6.09. The van der Waals surface area contributed by atoms with Gasteiger partial charge in [-0.1, -0.05) is 0 Å². The first-order valence-corrected chi connectivity index (χ1v) is 6.09. The number of amides is 3. The molecule has 0 spiro atoms. The van der Waals surface area contributed by atoms with Gasteiger partial charge < -0.3 is 15.4 Å². The number of halogens is 1. The zero-order chi connectivity index (χ0) is 15.1. The standard InChI is InChI=1S/C13H18FN3O3/c1-8(12(18)17-13(19)16-3)20-11-5-9(7-15-2)4-10(14)6-11/h4-6,8,15H,7H2,1-3H3,(H2,16,17,18,19). The molecule has 0 aromatic heterocycles. The molecule has 0 fully saturated rings. The summed E-state index contributed by atoms with van der Waals surface area (Å²) in [6.07, 6.45) is -0.920. The molecule has 0 radical (unpaired) electrons. The van der Waals surface area contributed by atoms with Crippen LogP contribution < -0.4 is 20.7 Å². The zero-order valence-electron chi connectivity index (χ0n) is 11.6. The van der Waals surface area contributed by atoms with E-state index in [-0.39, 0.29) is 5.75 Å². The number of urea groups is 1. The van der Waals surface area contributed by atoms with Gasteiger partial charge >= 0.3 is 6.03 Å². The molecule has 0 heterocycles. The lowest BCUT2D eigenvalue weighted by atomic mass is 10.2. The van der Waals surface area contributed by atoms with Gasteiger partial charge in [-0.3, -0.25) is 10.1 Å². The summed E-state index contributed by atoms with van der Waals surface area (Å²) in [6.45, 7) is 1.95. The second-order valence-corrected chi connectivity index (χ2v) is 4.15. The first-order chi connectivity index (χ1) is 9.46. The number of benzene rings is 1. The third-order valence-corrected chi connectivity index (χ3v) is 2.46. The summed E-state index contributed by atoms with van der Waals surface area (Å²) in [5, 5.41) is 7.23. The molecule has 0 saturated heterocycles. The molecular weight excluding hydrogens is 265 g/mol. The molecule has 0 saturated carbocycles. The van der Waals surface area contributed by atoms with Gasteiger partial charge in [0, 0.05) is 19.7 Å². The van der Waals surface area contributed by atoms with Crippen LogP contribution in [0.15, 0.2) is 18.2 Å². The highest BCUT2D eigenvalue weighted by Crippen LogP contribution is 2.17. The molecule has 1 aromatic rings. The average molecular weight is 283 g/mol. The van der Waals surface area contributed by atoms with Crippen LogP contribution in [0.5, 0.6) is 5.75 Å². The van der Waals surface area contributed by atoms with E-state index in [9.17, 15) is 14.0 Å². The highest BCUT2D eigenvalue weighted by molar-refractivity contribution is 5.96. The van der Waals surface area contributed by atoms with Crippen molar-refractivity contribution in [2.45, 2.75) is 19.6 Å². The topological polar surface area (TPSA) is 79.5 Å². The van der Waals surface area contributed by atoms with E-state index in [0.717, 1.165) is 0 Å². The third kappa shape index (κ3) is 4.85. The summed E-state index contributed by atoms with van der Waals surface area (Å²) in [4.78, 5) is 22.6. The normalized spacial score (nSPS) is 11.6. The molecule has 3 N–H and O–H groups in total. The van der Waals surface area contributed by atoms with Crippen molar-refractivity contribution >= 4 is 11.9 Å². The number of imide groups is 1. The van der Waals surface area contributed by atoms with Crippen molar-refractivity contribution in [3.63, 3.8) is 0 Å². The second kappa shape index (κ2) is 7.44. The Morgan fingerprint density at radius 1 is 1.30 bits per heavy atom. The van der Waals surface area contributed by atoms with Gasteiger partial charge in [0.05, 0.1) is 0 Å². The Balaban J connectivity index is 2.72. The van der Waals surface area contributed by atoms with Crippen molar-refractivity contribution in [3.8, 4) is 5.75 Å². The maximum Gasteiger partial charge on any atom is 0.321 e. The minimum Gasteiger partial charge on any atom is -0.481 e. The van der Waals surface area contributed by atoms with E-state index >= 15 is 0 Å². The van der Waals surface area contributed by atoms with E-state index in [1.807, 2.05) is 0 Å². The molecule has 0 bridgehead atoms. The fourth-order valence-corrected chi connectivity index (χ4v) is 1.53. The van der Waals surface area contributed by atoms with Gasteiger partial charge in [-0.15, -0.1) is 0 Å². The predicted octanol–water partition coefficient (Wildman–Crippen LogP) is 0.768. The Labute approximate surface area is 116 Å². The molecule has 0 aliphatic rings. The largest absolute Gasteiger partial charge is 0.481 e. The molecular formula is C13H18FN3O3. The smallest absolute Gasteiger partial charge is 0.321 e.